The lowest BCUT2D eigenvalue weighted by atomic mass is 10.1. The number of urea groups is 1. The Labute approximate surface area is 185 Å². The first-order chi connectivity index (χ1) is 15.0. The Morgan fingerprint density at radius 2 is 1.81 bits per heavy atom. The van der Waals surface area contributed by atoms with E-state index >= 15 is 0 Å². The smallest absolute Gasteiger partial charge is 0.321 e. The zero-order valence-electron chi connectivity index (χ0n) is 17.6. The molecule has 0 aliphatic rings. The fourth-order valence-corrected chi connectivity index (χ4v) is 4.09. The summed E-state index contributed by atoms with van der Waals surface area (Å²) >= 11 is 1.17. The normalized spacial score (nSPS) is 11.8. The number of hydrogen-bond acceptors (Lipinski definition) is 5. The van der Waals surface area contributed by atoms with Crippen molar-refractivity contribution in [2.45, 2.75) is 43.6 Å². The van der Waals surface area contributed by atoms with Gasteiger partial charge < -0.3 is 5.32 Å². The summed E-state index contributed by atoms with van der Waals surface area (Å²) in [7, 11) is 0. The maximum Gasteiger partial charge on any atom is 0.321 e. The van der Waals surface area contributed by atoms with Crippen LogP contribution in [0.25, 0.3) is 10.9 Å². The maximum absolute atomic E-state index is 13.2. The summed E-state index contributed by atoms with van der Waals surface area (Å²) < 4.78 is 1.63. The van der Waals surface area contributed by atoms with E-state index < -0.39 is 17.2 Å². The van der Waals surface area contributed by atoms with Gasteiger partial charge in [-0.2, -0.15) is 0 Å². The zero-order valence-corrected chi connectivity index (χ0v) is 18.4. The number of rotatable bonds is 8. The predicted molar refractivity (Wildman–Crippen MR) is 123 cm³/mol. The summed E-state index contributed by atoms with van der Waals surface area (Å²) in [4.78, 5) is 41.8. The molecule has 31 heavy (non-hydrogen) atoms. The highest BCUT2D eigenvalue weighted by molar-refractivity contribution is 8.00. The molecule has 0 radical (unpaired) electrons. The van der Waals surface area contributed by atoms with E-state index in [9.17, 15) is 14.4 Å². The number of benzene rings is 2. The lowest BCUT2D eigenvalue weighted by molar-refractivity contribution is -0.119. The van der Waals surface area contributed by atoms with Crippen LogP contribution in [0.1, 0.15) is 25.8 Å². The van der Waals surface area contributed by atoms with Crippen LogP contribution in [0.5, 0.6) is 0 Å². The number of aryl methyl sites for hydroxylation is 1. The SMILES string of the molecule is CCNC(=O)NC(=O)C(C)Sc1nc2ccccc2c(=O)n1CCCc1ccccc1. The van der Waals surface area contributed by atoms with Crippen molar-refractivity contribution in [1.82, 2.24) is 20.2 Å². The summed E-state index contributed by atoms with van der Waals surface area (Å²) in [6, 6.07) is 16.7. The molecule has 0 fully saturated rings. The molecule has 3 amide bonds. The van der Waals surface area contributed by atoms with Gasteiger partial charge in [0.2, 0.25) is 5.91 Å². The molecule has 1 aromatic heterocycles. The van der Waals surface area contributed by atoms with E-state index in [1.54, 1.807) is 30.5 Å². The minimum absolute atomic E-state index is 0.127. The summed E-state index contributed by atoms with van der Waals surface area (Å²) in [6.07, 6.45) is 1.59. The van der Waals surface area contributed by atoms with Gasteiger partial charge in [0.25, 0.3) is 5.56 Å². The number of carbonyl (C=O) groups excluding carboxylic acids is 2. The van der Waals surface area contributed by atoms with Gasteiger partial charge in [0.15, 0.2) is 5.16 Å². The molecule has 1 heterocycles. The number of hydrogen-bond donors (Lipinski definition) is 2. The molecule has 3 aromatic rings. The van der Waals surface area contributed by atoms with Gasteiger partial charge in [-0.15, -0.1) is 0 Å². The maximum atomic E-state index is 13.2. The second-order valence-corrected chi connectivity index (χ2v) is 8.37. The van der Waals surface area contributed by atoms with Crippen molar-refractivity contribution in [3.05, 3.63) is 70.5 Å². The van der Waals surface area contributed by atoms with Crippen LogP contribution in [0.3, 0.4) is 0 Å². The third kappa shape index (κ3) is 5.95. The first-order valence-electron chi connectivity index (χ1n) is 10.3. The molecule has 0 saturated heterocycles. The Hall–Kier alpha value is -3.13. The Balaban J connectivity index is 1.82. The lowest BCUT2D eigenvalue weighted by Crippen LogP contribution is -2.42. The molecule has 0 aliphatic heterocycles. The molecule has 162 valence electrons. The minimum atomic E-state index is -0.601. The van der Waals surface area contributed by atoms with Crippen molar-refractivity contribution in [2.24, 2.45) is 0 Å². The number of nitrogens with one attached hydrogen (secondary N) is 2. The molecule has 0 spiro atoms. The molecule has 0 bridgehead atoms. The topological polar surface area (TPSA) is 93.1 Å². The molecule has 2 N–H and O–H groups in total. The minimum Gasteiger partial charge on any atom is -0.338 e. The highest BCUT2D eigenvalue weighted by Gasteiger charge is 2.20. The standard InChI is InChI=1S/C23H26N4O3S/c1-3-24-22(30)26-20(28)16(2)31-23-25-19-14-8-7-13-18(19)21(29)27(23)15-9-12-17-10-5-4-6-11-17/h4-8,10-11,13-14,16H,3,9,12,15H2,1-2H3,(H2,24,26,28,30). The molecule has 7 nitrogen and oxygen atoms in total. The van der Waals surface area contributed by atoms with Gasteiger partial charge in [-0.3, -0.25) is 19.5 Å². The fourth-order valence-electron chi connectivity index (χ4n) is 3.15. The van der Waals surface area contributed by atoms with Crippen molar-refractivity contribution < 1.29 is 9.59 Å². The molecule has 1 atom stereocenters. The van der Waals surface area contributed by atoms with Crippen LogP contribution in [0.4, 0.5) is 4.79 Å². The van der Waals surface area contributed by atoms with Gasteiger partial charge in [0, 0.05) is 13.1 Å². The zero-order chi connectivity index (χ0) is 22.2. The quantitative estimate of drug-likeness (QED) is 0.416. The number of carbonyl (C=O) groups is 2. The predicted octanol–water partition coefficient (Wildman–Crippen LogP) is 3.36. The van der Waals surface area contributed by atoms with E-state index in [-0.39, 0.29) is 5.56 Å². The van der Waals surface area contributed by atoms with Crippen LogP contribution >= 0.6 is 11.8 Å². The van der Waals surface area contributed by atoms with Gasteiger partial charge in [-0.1, -0.05) is 54.2 Å². The molecule has 0 saturated carbocycles. The van der Waals surface area contributed by atoms with Crippen LogP contribution in [0.2, 0.25) is 0 Å². The van der Waals surface area contributed by atoms with Gasteiger partial charge in [0.05, 0.1) is 16.2 Å². The van der Waals surface area contributed by atoms with Crippen molar-refractivity contribution in [3.8, 4) is 0 Å². The molecule has 8 heteroatoms. The van der Waals surface area contributed by atoms with Crippen molar-refractivity contribution in [3.63, 3.8) is 0 Å². The lowest BCUT2D eigenvalue weighted by Gasteiger charge is -2.16. The number of imide groups is 1. The van der Waals surface area contributed by atoms with Crippen LogP contribution in [-0.4, -0.2) is 33.3 Å². The molecule has 3 rings (SSSR count). The van der Waals surface area contributed by atoms with Crippen molar-refractivity contribution in [1.29, 1.82) is 0 Å². The second-order valence-electron chi connectivity index (χ2n) is 7.07. The molecular weight excluding hydrogens is 412 g/mol. The van der Waals surface area contributed by atoms with E-state index in [2.05, 4.69) is 27.8 Å². The number of thioether (sulfide) groups is 1. The fraction of sp³-hybridized carbons (Fsp3) is 0.304. The van der Waals surface area contributed by atoms with E-state index in [4.69, 9.17) is 0 Å². The first kappa shape index (κ1) is 22.6. The average Bonchev–Trinajstić information content (AvgIpc) is 2.76. The van der Waals surface area contributed by atoms with Crippen LogP contribution in [-0.2, 0) is 17.8 Å². The number of nitrogens with zero attached hydrogens (tertiary/aromatic N) is 2. The molecule has 1 unspecified atom stereocenters. The van der Waals surface area contributed by atoms with E-state index in [1.807, 2.05) is 30.3 Å². The van der Waals surface area contributed by atoms with Gasteiger partial charge >= 0.3 is 6.03 Å². The third-order valence-corrected chi connectivity index (χ3v) is 5.83. The summed E-state index contributed by atoms with van der Waals surface area (Å²) in [5.74, 6) is -0.436. The molecule has 0 aliphatic carbocycles. The molecular formula is C23H26N4O3S. The van der Waals surface area contributed by atoms with Crippen LogP contribution < -0.4 is 16.2 Å². The van der Waals surface area contributed by atoms with Gasteiger partial charge in [0.1, 0.15) is 0 Å². The Morgan fingerprint density at radius 3 is 2.55 bits per heavy atom. The summed E-state index contributed by atoms with van der Waals surface area (Å²) in [6.45, 7) is 4.37. The van der Waals surface area contributed by atoms with Crippen LogP contribution in [0.15, 0.2) is 64.5 Å². The molecule has 2 aromatic carbocycles. The highest BCUT2D eigenvalue weighted by Crippen LogP contribution is 2.23. The first-order valence-corrected chi connectivity index (χ1v) is 11.2. The largest absolute Gasteiger partial charge is 0.338 e. The number of fused-ring (bicyclic) bond motifs is 1. The average molecular weight is 439 g/mol. The monoisotopic (exact) mass is 438 g/mol. The number of para-hydroxylation sites is 1. The van der Waals surface area contributed by atoms with Gasteiger partial charge in [-0.25, -0.2) is 9.78 Å². The van der Waals surface area contributed by atoms with Gasteiger partial charge in [-0.05, 0) is 44.4 Å². The van der Waals surface area contributed by atoms with Crippen molar-refractivity contribution >= 4 is 34.6 Å². The van der Waals surface area contributed by atoms with E-state index in [0.717, 1.165) is 12.8 Å². The van der Waals surface area contributed by atoms with Crippen LogP contribution in [0, 0.1) is 0 Å². The Kier molecular flexibility index (Phi) is 7.83. The van der Waals surface area contributed by atoms with E-state index in [1.165, 1.54) is 17.3 Å². The summed E-state index contributed by atoms with van der Waals surface area (Å²) in [5.41, 5.74) is 1.66. The Morgan fingerprint density at radius 1 is 1.10 bits per heavy atom. The highest BCUT2D eigenvalue weighted by atomic mass is 32.2. The summed E-state index contributed by atoms with van der Waals surface area (Å²) in [5, 5.41) is 5.26. The van der Waals surface area contributed by atoms with E-state index in [0.29, 0.717) is 29.1 Å². The number of amides is 3. The van der Waals surface area contributed by atoms with Crippen molar-refractivity contribution in [2.75, 3.05) is 6.54 Å². The second kappa shape index (κ2) is 10.8. The number of aromatic nitrogens is 2. The Bertz CT molecular complexity index is 1110. The third-order valence-electron chi connectivity index (χ3n) is 4.74.